The highest BCUT2D eigenvalue weighted by atomic mass is 16.2. The van der Waals surface area contributed by atoms with Crippen LogP contribution in [-0.4, -0.2) is 23.3 Å². The Morgan fingerprint density at radius 2 is 2.20 bits per heavy atom. The number of carbonyl (C=O) groups excluding carboxylic acids is 1. The summed E-state index contributed by atoms with van der Waals surface area (Å²) in [6, 6.07) is 11.8. The molecule has 5 nitrogen and oxygen atoms in total. The van der Waals surface area contributed by atoms with Gasteiger partial charge in [-0.1, -0.05) is 24.6 Å². The van der Waals surface area contributed by atoms with Crippen molar-refractivity contribution in [3.8, 4) is 12.5 Å². The van der Waals surface area contributed by atoms with Crippen LogP contribution in [0.4, 0.5) is 5.69 Å². The van der Waals surface area contributed by atoms with Crippen LogP contribution in [0.3, 0.4) is 0 Å². The summed E-state index contributed by atoms with van der Waals surface area (Å²) < 4.78 is 0. The minimum absolute atomic E-state index is 0.216. The van der Waals surface area contributed by atoms with Crippen molar-refractivity contribution in [2.45, 2.75) is 0 Å². The molecule has 2 heterocycles. The molecular weight excluding hydrogens is 252 g/mol. The molecule has 20 heavy (non-hydrogen) atoms. The van der Waals surface area contributed by atoms with E-state index >= 15 is 0 Å². The van der Waals surface area contributed by atoms with E-state index < -0.39 is 0 Å². The Balaban J connectivity index is 1.74. The Morgan fingerprint density at radius 1 is 1.40 bits per heavy atom. The molecule has 1 unspecified atom stereocenters. The first-order chi connectivity index (χ1) is 9.76. The Labute approximate surface area is 116 Å². The molecule has 2 N–H and O–H groups in total. The summed E-state index contributed by atoms with van der Waals surface area (Å²) in [5.41, 5.74) is 1.15. The molecule has 1 aromatic carbocycles. The van der Waals surface area contributed by atoms with E-state index in [9.17, 15) is 4.79 Å². The zero-order valence-electron chi connectivity index (χ0n) is 10.7. The zero-order valence-corrected chi connectivity index (χ0v) is 10.7. The average Bonchev–Trinajstić information content (AvgIpc) is 2.91. The van der Waals surface area contributed by atoms with E-state index in [-0.39, 0.29) is 5.91 Å². The normalized spacial score (nSPS) is 19.8. The number of para-hydroxylation sites is 1. The Kier molecular flexibility index (Phi) is 3.07. The molecule has 0 saturated carbocycles. The van der Waals surface area contributed by atoms with Gasteiger partial charge in [0.1, 0.15) is 6.20 Å². The van der Waals surface area contributed by atoms with Crippen molar-refractivity contribution in [2.75, 3.05) is 12.0 Å². The standard InChI is InChI=1S/C15H12N4O/c1-2-18-9-8-14-17-13(10-19(14)11-18)15(20)16-12-6-4-3-5-7-12/h1,3-10H,11H2,(H,16,20)/p+1. The van der Waals surface area contributed by atoms with Gasteiger partial charge in [0.25, 0.3) is 5.91 Å². The van der Waals surface area contributed by atoms with Crippen molar-refractivity contribution in [2.24, 2.45) is 4.99 Å². The van der Waals surface area contributed by atoms with Gasteiger partial charge in [0.2, 0.25) is 5.84 Å². The molecule has 0 spiro atoms. The van der Waals surface area contributed by atoms with E-state index in [2.05, 4.69) is 16.4 Å². The highest BCUT2D eigenvalue weighted by molar-refractivity contribution is 6.06. The van der Waals surface area contributed by atoms with Gasteiger partial charge in [0.15, 0.2) is 12.4 Å². The van der Waals surface area contributed by atoms with Gasteiger partial charge in [-0.15, -0.1) is 0 Å². The molecule has 98 valence electrons. The fraction of sp³-hybridized carbons (Fsp3) is 0.0667. The van der Waals surface area contributed by atoms with E-state index in [1.165, 1.54) is 0 Å². The molecule has 0 bridgehead atoms. The summed E-state index contributed by atoms with van der Waals surface area (Å²) in [5.74, 6) is 0.584. The van der Waals surface area contributed by atoms with Crippen LogP contribution in [0.1, 0.15) is 0 Å². The third-order valence-electron chi connectivity index (χ3n) is 3.06. The summed E-state index contributed by atoms with van der Waals surface area (Å²) in [6.07, 6.45) is 10.7. The fourth-order valence-electron chi connectivity index (χ4n) is 2.06. The van der Waals surface area contributed by atoms with Gasteiger partial charge in [-0.2, -0.15) is 4.99 Å². The number of rotatable bonds is 2. The minimum Gasteiger partial charge on any atom is -0.320 e. The summed E-state index contributed by atoms with van der Waals surface area (Å²) in [4.78, 5) is 19.1. The predicted molar refractivity (Wildman–Crippen MR) is 76.2 cm³/mol. The number of hydrogen-bond acceptors (Lipinski definition) is 3. The SMILES string of the molecule is C#CN1C=CC2=NC(C(=O)Nc3ccccc3)=C[NH+]2C1. The maximum Gasteiger partial charge on any atom is 0.280 e. The van der Waals surface area contributed by atoms with Crippen molar-refractivity contribution < 1.29 is 9.69 Å². The number of nitrogens with one attached hydrogen (secondary N) is 2. The van der Waals surface area contributed by atoms with Crippen molar-refractivity contribution in [3.05, 3.63) is 54.5 Å². The molecule has 0 aliphatic carbocycles. The van der Waals surface area contributed by atoms with Crippen LogP contribution < -0.4 is 10.2 Å². The van der Waals surface area contributed by atoms with Crippen molar-refractivity contribution in [1.82, 2.24) is 4.90 Å². The molecule has 1 aromatic rings. The maximum atomic E-state index is 12.1. The monoisotopic (exact) mass is 265 g/mol. The number of amidine groups is 1. The Bertz CT molecular complexity index is 667. The largest absolute Gasteiger partial charge is 0.320 e. The first-order valence-corrected chi connectivity index (χ1v) is 6.20. The van der Waals surface area contributed by atoms with Crippen LogP contribution in [0, 0.1) is 12.5 Å². The lowest BCUT2D eigenvalue weighted by Crippen LogP contribution is -3.11. The van der Waals surface area contributed by atoms with Gasteiger partial charge in [0.05, 0.1) is 0 Å². The van der Waals surface area contributed by atoms with Gasteiger partial charge < -0.3 is 5.32 Å². The van der Waals surface area contributed by atoms with Gasteiger partial charge >= 0.3 is 0 Å². The Hall–Kier alpha value is -2.84. The number of carbonyl (C=O) groups is 1. The highest BCUT2D eigenvalue weighted by Crippen LogP contribution is 2.09. The van der Waals surface area contributed by atoms with E-state index in [0.29, 0.717) is 12.4 Å². The number of anilines is 1. The molecule has 0 saturated heterocycles. The first kappa shape index (κ1) is 12.2. The second-order valence-corrected chi connectivity index (χ2v) is 4.44. The van der Waals surface area contributed by atoms with Crippen LogP contribution in [0.15, 0.2) is 59.5 Å². The summed E-state index contributed by atoms with van der Waals surface area (Å²) in [5, 5.41) is 2.81. The summed E-state index contributed by atoms with van der Waals surface area (Å²) >= 11 is 0. The molecule has 1 amide bonds. The van der Waals surface area contributed by atoms with E-state index in [1.54, 1.807) is 17.3 Å². The third-order valence-corrected chi connectivity index (χ3v) is 3.06. The number of nitrogens with zero attached hydrogens (tertiary/aromatic N) is 2. The lowest BCUT2D eigenvalue weighted by molar-refractivity contribution is -0.756. The number of amides is 1. The number of aliphatic imine (C=N–C) groups is 1. The number of quaternary nitrogens is 1. The molecular formula is C15H13N4O+. The molecule has 2 aliphatic heterocycles. The molecule has 0 radical (unpaired) electrons. The van der Waals surface area contributed by atoms with Gasteiger partial charge in [-0.05, 0) is 12.1 Å². The van der Waals surface area contributed by atoms with Gasteiger partial charge in [0, 0.05) is 24.0 Å². The second-order valence-electron chi connectivity index (χ2n) is 4.44. The third kappa shape index (κ3) is 2.32. The lowest BCUT2D eigenvalue weighted by atomic mass is 10.3. The van der Waals surface area contributed by atoms with Crippen molar-refractivity contribution in [3.63, 3.8) is 0 Å². The molecule has 1 atom stereocenters. The van der Waals surface area contributed by atoms with Crippen LogP contribution in [0.2, 0.25) is 0 Å². The molecule has 3 rings (SSSR count). The topological polar surface area (TPSA) is 49.1 Å². The highest BCUT2D eigenvalue weighted by Gasteiger charge is 2.29. The quantitative estimate of drug-likeness (QED) is 0.747. The van der Waals surface area contributed by atoms with Crippen LogP contribution in [0.5, 0.6) is 0 Å². The fourth-order valence-corrected chi connectivity index (χ4v) is 2.06. The second kappa shape index (κ2) is 5.03. The smallest absolute Gasteiger partial charge is 0.280 e. The number of fused-ring (bicyclic) bond motifs is 1. The van der Waals surface area contributed by atoms with E-state index in [0.717, 1.165) is 16.4 Å². The minimum atomic E-state index is -0.216. The maximum absolute atomic E-state index is 12.1. The van der Waals surface area contributed by atoms with Crippen molar-refractivity contribution in [1.29, 1.82) is 0 Å². The summed E-state index contributed by atoms with van der Waals surface area (Å²) in [7, 11) is 0. The average molecular weight is 265 g/mol. The van der Waals surface area contributed by atoms with Crippen LogP contribution in [-0.2, 0) is 4.79 Å². The van der Waals surface area contributed by atoms with Crippen molar-refractivity contribution >= 4 is 17.4 Å². The number of benzene rings is 1. The summed E-state index contributed by atoms with van der Waals surface area (Å²) in [6.45, 7) is 0.577. The Morgan fingerprint density at radius 3 is 2.95 bits per heavy atom. The first-order valence-electron chi connectivity index (χ1n) is 6.20. The van der Waals surface area contributed by atoms with Gasteiger partial charge in [-0.25, -0.2) is 4.90 Å². The predicted octanol–water partition coefficient (Wildman–Crippen LogP) is 0.141. The van der Waals surface area contributed by atoms with Crippen LogP contribution >= 0.6 is 0 Å². The molecule has 2 aliphatic rings. The van der Waals surface area contributed by atoms with Gasteiger partial charge in [-0.3, -0.25) is 9.69 Å². The van der Waals surface area contributed by atoms with E-state index in [1.807, 2.05) is 36.4 Å². The van der Waals surface area contributed by atoms with Crippen LogP contribution in [0.25, 0.3) is 0 Å². The molecule has 0 fully saturated rings. The number of hydrogen-bond donors (Lipinski definition) is 2. The molecule has 5 heteroatoms. The molecule has 0 aromatic heterocycles. The number of terminal acetylenes is 1. The van der Waals surface area contributed by atoms with E-state index in [4.69, 9.17) is 6.42 Å². The zero-order chi connectivity index (χ0) is 13.9. The lowest BCUT2D eigenvalue weighted by Gasteiger charge is -2.20.